The maximum Gasteiger partial charge on any atom is 0.273 e. The molecule has 1 amide bonds. The van der Waals surface area contributed by atoms with Gasteiger partial charge in [-0.05, 0) is 13.3 Å². The van der Waals surface area contributed by atoms with E-state index in [1.165, 1.54) is 11.3 Å². The minimum absolute atomic E-state index is 0.0213. The van der Waals surface area contributed by atoms with Crippen molar-refractivity contribution in [3.63, 3.8) is 0 Å². The highest BCUT2D eigenvalue weighted by molar-refractivity contribution is 7.13. The number of methoxy groups -OCH3 is 1. The average molecular weight is 297 g/mol. The Balaban J connectivity index is 2.06. The Morgan fingerprint density at radius 3 is 3.00 bits per heavy atom. The van der Waals surface area contributed by atoms with Gasteiger partial charge in [0.15, 0.2) is 5.13 Å². The van der Waals surface area contributed by atoms with Crippen LogP contribution in [0.5, 0.6) is 0 Å². The number of carbonyl (C=O) groups excluding carboxylic acids is 1. The molecule has 0 aliphatic carbocycles. The number of rotatable bonds is 4. The fourth-order valence-corrected chi connectivity index (χ4v) is 3.47. The Labute approximate surface area is 124 Å². The van der Waals surface area contributed by atoms with Gasteiger partial charge in [0.05, 0.1) is 6.10 Å². The summed E-state index contributed by atoms with van der Waals surface area (Å²) in [5.74, 6) is 0.0213. The molecule has 0 aromatic carbocycles. The quantitative estimate of drug-likeness (QED) is 0.927. The summed E-state index contributed by atoms with van der Waals surface area (Å²) in [5, 5.41) is 5.77. The van der Waals surface area contributed by atoms with Crippen LogP contribution < -0.4 is 5.32 Å². The minimum Gasteiger partial charge on any atom is -0.381 e. The van der Waals surface area contributed by atoms with Crippen LogP contribution in [0.1, 0.15) is 37.7 Å². The molecule has 1 aromatic heterocycles. The van der Waals surface area contributed by atoms with E-state index < -0.39 is 0 Å². The van der Waals surface area contributed by atoms with Crippen LogP contribution >= 0.6 is 11.3 Å². The second-order valence-electron chi connectivity index (χ2n) is 5.80. The molecule has 6 heteroatoms. The molecule has 5 nitrogen and oxygen atoms in total. The van der Waals surface area contributed by atoms with Gasteiger partial charge in [0, 0.05) is 37.5 Å². The van der Waals surface area contributed by atoms with E-state index in [1.54, 1.807) is 7.11 Å². The molecule has 1 aromatic rings. The number of hydrogen-bond acceptors (Lipinski definition) is 5. The van der Waals surface area contributed by atoms with E-state index in [-0.39, 0.29) is 17.4 Å². The minimum atomic E-state index is -0.0246. The summed E-state index contributed by atoms with van der Waals surface area (Å²) < 4.78 is 5.51. The normalized spacial score (nSPS) is 21.8. The number of nitrogens with zero attached hydrogens (tertiary/aromatic N) is 2. The first-order valence-corrected chi connectivity index (χ1v) is 7.87. The Hall–Kier alpha value is -1.14. The van der Waals surface area contributed by atoms with Crippen LogP contribution in [0.15, 0.2) is 5.38 Å². The van der Waals surface area contributed by atoms with Crippen LogP contribution in [0.3, 0.4) is 0 Å². The fourth-order valence-electron chi connectivity index (χ4n) is 2.71. The number of anilines is 1. The lowest BCUT2D eigenvalue weighted by Gasteiger charge is -2.43. The molecule has 1 saturated heterocycles. The van der Waals surface area contributed by atoms with Gasteiger partial charge in [-0.3, -0.25) is 4.79 Å². The van der Waals surface area contributed by atoms with E-state index in [1.807, 2.05) is 17.2 Å². The first-order chi connectivity index (χ1) is 9.47. The third-order valence-corrected chi connectivity index (χ3v) is 4.55. The number of likely N-dealkylation sites (tertiary alicyclic amines) is 1. The van der Waals surface area contributed by atoms with Crippen LogP contribution in [-0.2, 0) is 4.74 Å². The molecule has 2 rings (SSSR count). The van der Waals surface area contributed by atoms with E-state index in [0.717, 1.165) is 24.6 Å². The maximum absolute atomic E-state index is 12.5. The summed E-state index contributed by atoms with van der Waals surface area (Å²) in [6.07, 6.45) is 1.08. The highest BCUT2D eigenvalue weighted by Crippen LogP contribution is 2.32. The van der Waals surface area contributed by atoms with Crippen molar-refractivity contribution >= 4 is 22.4 Å². The largest absolute Gasteiger partial charge is 0.381 e. The zero-order valence-corrected chi connectivity index (χ0v) is 13.4. The second kappa shape index (κ2) is 6.10. The van der Waals surface area contributed by atoms with Gasteiger partial charge in [-0.1, -0.05) is 13.8 Å². The fraction of sp³-hybridized carbons (Fsp3) is 0.714. The molecule has 1 fully saturated rings. The van der Waals surface area contributed by atoms with Crippen molar-refractivity contribution in [1.29, 1.82) is 0 Å². The molecule has 0 saturated carbocycles. The lowest BCUT2D eigenvalue weighted by molar-refractivity contribution is -0.0444. The van der Waals surface area contributed by atoms with E-state index in [2.05, 4.69) is 24.1 Å². The third kappa shape index (κ3) is 3.12. The average Bonchev–Trinajstić information content (AvgIpc) is 2.86. The van der Waals surface area contributed by atoms with Crippen molar-refractivity contribution < 1.29 is 9.53 Å². The molecule has 20 heavy (non-hydrogen) atoms. The smallest absolute Gasteiger partial charge is 0.273 e. The number of aromatic nitrogens is 1. The molecule has 112 valence electrons. The van der Waals surface area contributed by atoms with Gasteiger partial charge in [0.1, 0.15) is 5.69 Å². The number of piperidine rings is 1. The highest BCUT2D eigenvalue weighted by atomic mass is 32.1. The highest BCUT2D eigenvalue weighted by Gasteiger charge is 2.38. The second-order valence-corrected chi connectivity index (χ2v) is 6.65. The molecule has 1 aliphatic rings. The van der Waals surface area contributed by atoms with Crippen molar-refractivity contribution in [2.75, 3.05) is 32.1 Å². The summed E-state index contributed by atoms with van der Waals surface area (Å²) in [4.78, 5) is 18.7. The van der Waals surface area contributed by atoms with E-state index in [0.29, 0.717) is 12.2 Å². The van der Waals surface area contributed by atoms with E-state index in [4.69, 9.17) is 4.74 Å². The number of thiazole rings is 1. The topological polar surface area (TPSA) is 54.5 Å². The monoisotopic (exact) mass is 297 g/mol. The molecule has 1 N–H and O–H groups in total. The van der Waals surface area contributed by atoms with Crippen LogP contribution in [0.2, 0.25) is 0 Å². The molecule has 0 spiro atoms. The van der Waals surface area contributed by atoms with Gasteiger partial charge >= 0.3 is 0 Å². The molecular weight excluding hydrogens is 274 g/mol. The number of carbonyl (C=O) groups is 1. The van der Waals surface area contributed by atoms with Crippen LogP contribution in [0, 0.1) is 5.41 Å². The zero-order chi connectivity index (χ0) is 14.8. The molecule has 2 heterocycles. The van der Waals surface area contributed by atoms with Gasteiger partial charge in [0.2, 0.25) is 0 Å². The van der Waals surface area contributed by atoms with Crippen molar-refractivity contribution in [2.45, 2.75) is 33.3 Å². The van der Waals surface area contributed by atoms with Crippen molar-refractivity contribution in [3.05, 3.63) is 11.1 Å². The lowest BCUT2D eigenvalue weighted by atomic mass is 9.81. The summed E-state index contributed by atoms with van der Waals surface area (Å²) in [7, 11) is 1.74. The molecule has 1 unspecified atom stereocenters. The molecule has 1 atom stereocenters. The SMILES string of the molecule is CCNc1nc(C(=O)N2CCC(OC)C(C)(C)C2)cs1. The van der Waals surface area contributed by atoms with Crippen LogP contribution in [-0.4, -0.2) is 48.6 Å². The Kier molecular flexibility index (Phi) is 4.65. The van der Waals surface area contributed by atoms with Crippen molar-refractivity contribution in [2.24, 2.45) is 5.41 Å². The molecular formula is C14H23N3O2S. The maximum atomic E-state index is 12.5. The lowest BCUT2D eigenvalue weighted by Crippen LogP contribution is -2.51. The van der Waals surface area contributed by atoms with Gasteiger partial charge < -0.3 is 15.0 Å². The van der Waals surface area contributed by atoms with E-state index in [9.17, 15) is 4.79 Å². The molecule has 1 aliphatic heterocycles. The van der Waals surface area contributed by atoms with Crippen LogP contribution in [0.4, 0.5) is 5.13 Å². The van der Waals surface area contributed by atoms with E-state index >= 15 is 0 Å². The first kappa shape index (κ1) is 15.3. The van der Waals surface area contributed by atoms with Gasteiger partial charge in [-0.25, -0.2) is 4.98 Å². The number of ether oxygens (including phenoxy) is 1. The van der Waals surface area contributed by atoms with Crippen molar-refractivity contribution in [3.8, 4) is 0 Å². The summed E-state index contributed by atoms with van der Waals surface area (Å²) in [6.45, 7) is 8.55. The Morgan fingerprint density at radius 2 is 2.40 bits per heavy atom. The summed E-state index contributed by atoms with van der Waals surface area (Å²) >= 11 is 1.48. The predicted octanol–water partition coefficient (Wildman–Crippen LogP) is 2.46. The Morgan fingerprint density at radius 1 is 1.65 bits per heavy atom. The zero-order valence-electron chi connectivity index (χ0n) is 12.6. The van der Waals surface area contributed by atoms with Crippen LogP contribution in [0.25, 0.3) is 0 Å². The molecule has 0 bridgehead atoms. The van der Waals surface area contributed by atoms with Gasteiger partial charge in [-0.15, -0.1) is 11.3 Å². The third-order valence-electron chi connectivity index (χ3n) is 3.75. The number of amides is 1. The number of nitrogens with one attached hydrogen (secondary N) is 1. The first-order valence-electron chi connectivity index (χ1n) is 6.99. The van der Waals surface area contributed by atoms with Gasteiger partial charge in [0.25, 0.3) is 5.91 Å². The standard InChI is InChI=1S/C14H23N3O2S/c1-5-15-13-16-10(8-20-13)12(18)17-7-6-11(19-4)14(2,3)9-17/h8,11H,5-7,9H2,1-4H3,(H,15,16). The predicted molar refractivity (Wildman–Crippen MR) is 81.4 cm³/mol. The molecule has 0 radical (unpaired) electrons. The summed E-state index contributed by atoms with van der Waals surface area (Å²) in [5.41, 5.74) is 0.515. The number of hydrogen-bond donors (Lipinski definition) is 1. The Bertz CT molecular complexity index is 473. The summed E-state index contributed by atoms with van der Waals surface area (Å²) in [6, 6.07) is 0. The van der Waals surface area contributed by atoms with Gasteiger partial charge in [-0.2, -0.15) is 0 Å². The van der Waals surface area contributed by atoms with Crippen molar-refractivity contribution in [1.82, 2.24) is 9.88 Å².